The molecular formula is C20H32BNO5S. The van der Waals surface area contributed by atoms with Crippen LogP contribution in [0.2, 0.25) is 0 Å². The maximum atomic E-state index is 11.7. The van der Waals surface area contributed by atoms with Gasteiger partial charge in [-0.2, -0.15) is 0 Å². The van der Waals surface area contributed by atoms with Gasteiger partial charge in [-0.15, -0.1) is 0 Å². The molecule has 1 aliphatic carbocycles. The lowest BCUT2D eigenvalue weighted by Gasteiger charge is -2.32. The zero-order valence-electron chi connectivity index (χ0n) is 17.6. The summed E-state index contributed by atoms with van der Waals surface area (Å²) in [6.45, 7) is 8.63. The van der Waals surface area contributed by atoms with Crippen LogP contribution in [0.1, 0.15) is 59.8 Å². The van der Waals surface area contributed by atoms with Gasteiger partial charge in [0.05, 0.1) is 24.1 Å². The summed E-state index contributed by atoms with van der Waals surface area (Å²) in [6.07, 6.45) is 7.35. The van der Waals surface area contributed by atoms with Gasteiger partial charge in [-0.1, -0.05) is 19.3 Å². The minimum Gasteiger partial charge on any atom is -0.494 e. The lowest BCUT2D eigenvalue weighted by atomic mass is 9.78. The van der Waals surface area contributed by atoms with Crippen molar-refractivity contribution in [1.29, 1.82) is 0 Å². The number of sulfonamides is 1. The number of rotatable bonds is 6. The number of benzene rings is 1. The molecule has 1 aromatic rings. The zero-order chi connectivity index (χ0) is 20.6. The number of hydrogen-bond acceptors (Lipinski definition) is 5. The molecule has 0 spiro atoms. The third kappa shape index (κ3) is 5.02. The highest BCUT2D eigenvalue weighted by Gasteiger charge is 2.52. The fraction of sp³-hybridized carbons (Fsp3) is 0.700. The predicted octanol–water partition coefficient (Wildman–Crippen LogP) is 3.32. The van der Waals surface area contributed by atoms with E-state index in [0.29, 0.717) is 29.4 Å². The summed E-state index contributed by atoms with van der Waals surface area (Å²) < 4.78 is 44.4. The molecule has 0 unspecified atom stereocenters. The van der Waals surface area contributed by atoms with Crippen LogP contribution in [0.5, 0.6) is 5.75 Å². The SMILES string of the molecule is CC1(C)OB(c2cc(NS(C)(=O)=O)ccc2OCC2CCCCC2)OC1(C)C. The van der Waals surface area contributed by atoms with Crippen LogP contribution in [0.15, 0.2) is 18.2 Å². The average Bonchev–Trinajstić information content (AvgIpc) is 2.81. The third-order valence-electron chi connectivity index (χ3n) is 6.02. The normalized spacial score (nSPS) is 22.2. The van der Waals surface area contributed by atoms with Crippen molar-refractivity contribution < 1.29 is 22.5 Å². The zero-order valence-corrected chi connectivity index (χ0v) is 18.4. The summed E-state index contributed by atoms with van der Waals surface area (Å²) in [7, 11) is -4.00. The van der Waals surface area contributed by atoms with E-state index in [1.54, 1.807) is 18.2 Å². The average molecular weight is 409 g/mol. The number of nitrogens with one attached hydrogen (secondary N) is 1. The molecule has 6 nitrogen and oxygen atoms in total. The topological polar surface area (TPSA) is 73.9 Å². The highest BCUT2D eigenvalue weighted by molar-refractivity contribution is 7.92. The van der Waals surface area contributed by atoms with E-state index in [0.717, 1.165) is 6.26 Å². The first kappa shape index (κ1) is 21.5. The Morgan fingerprint density at radius 1 is 1.11 bits per heavy atom. The van der Waals surface area contributed by atoms with Crippen LogP contribution in [-0.4, -0.2) is 39.6 Å². The quantitative estimate of drug-likeness (QED) is 0.730. The van der Waals surface area contributed by atoms with Gasteiger partial charge in [-0.3, -0.25) is 4.72 Å². The Balaban J connectivity index is 1.86. The molecule has 0 aromatic heterocycles. The fourth-order valence-corrected chi connectivity index (χ4v) is 4.23. The van der Waals surface area contributed by atoms with Crippen molar-refractivity contribution in [3.05, 3.63) is 18.2 Å². The molecular weight excluding hydrogens is 377 g/mol. The molecule has 2 aliphatic rings. The lowest BCUT2D eigenvalue weighted by molar-refractivity contribution is 0.00578. The van der Waals surface area contributed by atoms with Crippen molar-refractivity contribution in [2.75, 3.05) is 17.6 Å². The largest absolute Gasteiger partial charge is 0.498 e. The number of anilines is 1. The Labute approximate surface area is 169 Å². The van der Waals surface area contributed by atoms with Gasteiger partial charge in [0.25, 0.3) is 0 Å². The minimum atomic E-state index is -3.38. The van der Waals surface area contributed by atoms with E-state index in [4.69, 9.17) is 14.0 Å². The van der Waals surface area contributed by atoms with Crippen LogP contribution in [-0.2, 0) is 19.3 Å². The minimum absolute atomic E-state index is 0.470. The van der Waals surface area contributed by atoms with Crippen molar-refractivity contribution in [3.63, 3.8) is 0 Å². The Morgan fingerprint density at radius 3 is 2.29 bits per heavy atom. The summed E-state index contributed by atoms with van der Waals surface area (Å²) in [6, 6.07) is 5.27. The van der Waals surface area contributed by atoms with Crippen molar-refractivity contribution in [2.45, 2.75) is 71.0 Å². The van der Waals surface area contributed by atoms with Gasteiger partial charge >= 0.3 is 7.12 Å². The van der Waals surface area contributed by atoms with Crippen LogP contribution < -0.4 is 14.9 Å². The van der Waals surface area contributed by atoms with E-state index in [2.05, 4.69) is 4.72 Å². The van der Waals surface area contributed by atoms with Crippen LogP contribution in [0.3, 0.4) is 0 Å². The molecule has 1 N–H and O–H groups in total. The Morgan fingerprint density at radius 2 is 1.71 bits per heavy atom. The van der Waals surface area contributed by atoms with Crippen molar-refractivity contribution >= 4 is 28.3 Å². The molecule has 2 fully saturated rings. The highest BCUT2D eigenvalue weighted by atomic mass is 32.2. The maximum Gasteiger partial charge on any atom is 0.498 e. The highest BCUT2D eigenvalue weighted by Crippen LogP contribution is 2.37. The standard InChI is InChI=1S/C20H32BNO5S/c1-19(2)20(3,4)27-21(26-19)17-13-16(22-28(5,23)24)11-12-18(17)25-14-15-9-7-6-8-10-15/h11-13,15,22H,6-10,14H2,1-5H3. The molecule has 3 rings (SSSR count). The van der Waals surface area contributed by atoms with Gasteiger partial charge < -0.3 is 14.0 Å². The van der Waals surface area contributed by atoms with E-state index in [9.17, 15) is 8.42 Å². The molecule has 1 aromatic carbocycles. The number of hydrogen-bond donors (Lipinski definition) is 1. The molecule has 0 radical (unpaired) electrons. The van der Waals surface area contributed by atoms with E-state index in [1.165, 1.54) is 32.1 Å². The van der Waals surface area contributed by atoms with Crippen molar-refractivity contribution in [1.82, 2.24) is 0 Å². The molecule has 156 valence electrons. The first-order valence-corrected chi connectivity index (χ1v) is 12.0. The van der Waals surface area contributed by atoms with Crippen molar-refractivity contribution in [2.24, 2.45) is 5.92 Å². The second kappa shape index (κ2) is 7.88. The molecule has 1 saturated carbocycles. The second-order valence-electron chi connectivity index (χ2n) is 9.03. The monoisotopic (exact) mass is 409 g/mol. The van der Waals surface area contributed by atoms with Crippen LogP contribution in [0.4, 0.5) is 5.69 Å². The lowest BCUT2D eigenvalue weighted by Crippen LogP contribution is -2.41. The van der Waals surface area contributed by atoms with Crippen LogP contribution in [0.25, 0.3) is 0 Å². The Hall–Kier alpha value is -1.25. The predicted molar refractivity (Wildman–Crippen MR) is 113 cm³/mol. The van der Waals surface area contributed by atoms with E-state index in [1.807, 2.05) is 27.7 Å². The molecule has 0 bridgehead atoms. The van der Waals surface area contributed by atoms with E-state index >= 15 is 0 Å². The Bertz CT molecular complexity index is 787. The molecule has 1 aliphatic heterocycles. The summed E-state index contributed by atoms with van der Waals surface area (Å²) >= 11 is 0. The van der Waals surface area contributed by atoms with Gasteiger partial charge in [-0.05, 0) is 64.7 Å². The first-order chi connectivity index (χ1) is 13.0. The first-order valence-electron chi connectivity index (χ1n) is 10.1. The molecule has 0 atom stereocenters. The third-order valence-corrected chi connectivity index (χ3v) is 6.63. The molecule has 8 heteroatoms. The Kier molecular flexibility index (Phi) is 6.04. The molecule has 0 amide bonds. The smallest absolute Gasteiger partial charge is 0.494 e. The van der Waals surface area contributed by atoms with E-state index in [-0.39, 0.29) is 0 Å². The molecule has 1 heterocycles. The van der Waals surface area contributed by atoms with Crippen molar-refractivity contribution in [3.8, 4) is 5.75 Å². The number of ether oxygens (including phenoxy) is 1. The summed E-state index contributed by atoms with van der Waals surface area (Å²) in [4.78, 5) is 0. The molecule has 1 saturated heterocycles. The summed E-state index contributed by atoms with van der Waals surface area (Å²) in [5, 5.41) is 0. The molecule has 28 heavy (non-hydrogen) atoms. The van der Waals surface area contributed by atoms with Gasteiger partial charge in [0.1, 0.15) is 5.75 Å². The van der Waals surface area contributed by atoms with Gasteiger partial charge in [-0.25, -0.2) is 8.42 Å². The summed E-state index contributed by atoms with van der Waals surface area (Å²) in [5.41, 5.74) is 0.206. The fourth-order valence-electron chi connectivity index (χ4n) is 3.67. The maximum absolute atomic E-state index is 11.7. The van der Waals surface area contributed by atoms with Crippen LogP contribution in [0, 0.1) is 5.92 Å². The van der Waals surface area contributed by atoms with Gasteiger partial charge in [0.15, 0.2) is 0 Å². The van der Waals surface area contributed by atoms with Gasteiger partial charge in [0, 0.05) is 11.2 Å². The van der Waals surface area contributed by atoms with E-state index < -0.39 is 28.3 Å². The second-order valence-corrected chi connectivity index (χ2v) is 10.8. The van der Waals surface area contributed by atoms with Crippen LogP contribution >= 0.6 is 0 Å². The van der Waals surface area contributed by atoms with Gasteiger partial charge in [0.2, 0.25) is 10.0 Å². The summed E-state index contributed by atoms with van der Waals surface area (Å²) in [5.74, 6) is 1.25.